The van der Waals surface area contributed by atoms with Crippen LogP contribution in [-0.2, 0) is 4.75 Å². The van der Waals surface area contributed by atoms with Crippen molar-refractivity contribution < 1.29 is 8.78 Å². The molecule has 0 aliphatic heterocycles. The monoisotopic (exact) mass is 415 g/mol. The summed E-state index contributed by atoms with van der Waals surface area (Å²) in [6.45, 7) is 10.5. The van der Waals surface area contributed by atoms with Gasteiger partial charge in [-0.15, -0.1) is 6.58 Å². The van der Waals surface area contributed by atoms with Gasteiger partial charge in [0.1, 0.15) is 16.7 Å². The van der Waals surface area contributed by atoms with E-state index in [9.17, 15) is 8.78 Å². The summed E-state index contributed by atoms with van der Waals surface area (Å²) in [7, 11) is 1.64. The molecule has 0 saturated carbocycles. The number of unbranched alkanes of at least 4 members (excludes halogenated alkanes) is 1. The molecule has 0 fully saturated rings. The normalized spacial score (nSPS) is 15.0. The van der Waals surface area contributed by atoms with Gasteiger partial charge in [-0.25, -0.2) is 8.78 Å². The van der Waals surface area contributed by atoms with Gasteiger partial charge in [0.25, 0.3) is 0 Å². The van der Waals surface area contributed by atoms with Crippen LogP contribution in [-0.4, -0.2) is 12.1 Å². The van der Waals surface area contributed by atoms with E-state index in [0.29, 0.717) is 11.0 Å². The summed E-state index contributed by atoms with van der Waals surface area (Å²) < 4.78 is 28.0. The highest BCUT2D eigenvalue weighted by molar-refractivity contribution is 8.15. The zero-order chi connectivity index (χ0) is 21.4. The largest absolute Gasteiger partial charge is 0.281 e. The lowest BCUT2D eigenvalue weighted by Crippen LogP contribution is -2.31. The van der Waals surface area contributed by atoms with Crippen LogP contribution in [0.3, 0.4) is 0 Å². The van der Waals surface area contributed by atoms with Crippen molar-refractivity contribution in [2.24, 2.45) is 10.9 Å². The smallest absolute Gasteiger partial charge is 0.133 e. The molecule has 0 aliphatic rings. The first-order valence-electron chi connectivity index (χ1n) is 10.2. The minimum atomic E-state index is -0.464. The lowest BCUT2D eigenvalue weighted by Gasteiger charge is -2.39. The van der Waals surface area contributed by atoms with Crippen LogP contribution in [0, 0.1) is 24.5 Å². The Morgan fingerprint density at radius 2 is 1.97 bits per heavy atom. The SMILES string of the molecule is C=CCC(CCCC)C(C)(SC(=NC)c1cc(F)ccc1F)c1ccccc1C. The summed E-state index contributed by atoms with van der Waals surface area (Å²) in [5.41, 5.74) is 2.60. The van der Waals surface area contributed by atoms with Crippen LogP contribution in [0.15, 0.2) is 60.1 Å². The Labute approximate surface area is 178 Å². The van der Waals surface area contributed by atoms with Crippen LogP contribution in [0.1, 0.15) is 56.2 Å². The predicted molar refractivity (Wildman–Crippen MR) is 123 cm³/mol. The van der Waals surface area contributed by atoms with Crippen molar-refractivity contribution in [2.75, 3.05) is 7.05 Å². The highest BCUT2D eigenvalue weighted by Crippen LogP contribution is 2.49. The van der Waals surface area contributed by atoms with Crippen molar-refractivity contribution in [3.8, 4) is 0 Å². The summed E-state index contributed by atoms with van der Waals surface area (Å²) in [6.07, 6.45) is 6.05. The van der Waals surface area contributed by atoms with Gasteiger partial charge in [0, 0.05) is 17.4 Å². The third-order valence-electron chi connectivity index (χ3n) is 5.49. The molecule has 2 aromatic rings. The van der Waals surface area contributed by atoms with Crippen molar-refractivity contribution in [2.45, 2.75) is 51.2 Å². The number of rotatable bonds is 9. The molecule has 2 rings (SSSR count). The fourth-order valence-electron chi connectivity index (χ4n) is 3.84. The number of thioether (sulfide) groups is 1. The summed E-state index contributed by atoms with van der Waals surface area (Å²) in [6, 6.07) is 11.8. The molecule has 0 N–H and O–H groups in total. The first-order valence-corrected chi connectivity index (χ1v) is 11.0. The van der Waals surface area contributed by atoms with Crippen LogP contribution in [0.4, 0.5) is 8.78 Å². The second-order valence-electron chi connectivity index (χ2n) is 7.54. The highest BCUT2D eigenvalue weighted by Gasteiger charge is 2.38. The Balaban J connectivity index is 2.58. The molecule has 29 heavy (non-hydrogen) atoms. The standard InChI is InChI=1S/C25H31F2NS/c1-6-8-13-19(11-7-2)25(4,22-14-10-9-12-18(22)3)29-24(28-5)21-17-20(26)15-16-23(21)27/h7,9-10,12,14-17,19H,2,6,8,11,13H2,1,3-5H3. The van der Waals surface area contributed by atoms with Crippen molar-refractivity contribution in [1.29, 1.82) is 0 Å². The Bertz CT molecular complexity index is 862. The summed E-state index contributed by atoms with van der Waals surface area (Å²) in [5, 5.41) is 0.512. The second-order valence-corrected chi connectivity index (χ2v) is 8.98. The number of hydrogen-bond acceptors (Lipinski definition) is 2. The summed E-state index contributed by atoms with van der Waals surface area (Å²) >= 11 is 1.53. The minimum Gasteiger partial charge on any atom is -0.281 e. The number of aryl methyl sites for hydroxylation is 1. The van der Waals surface area contributed by atoms with Gasteiger partial charge in [0.15, 0.2) is 0 Å². The fourth-order valence-corrected chi connectivity index (χ4v) is 5.32. The molecule has 156 valence electrons. The van der Waals surface area contributed by atoms with E-state index in [4.69, 9.17) is 0 Å². The van der Waals surface area contributed by atoms with E-state index in [1.807, 2.05) is 18.2 Å². The molecule has 0 spiro atoms. The third-order valence-corrected chi connectivity index (χ3v) is 7.06. The van der Waals surface area contributed by atoms with E-state index in [1.165, 1.54) is 35.0 Å². The molecule has 0 aliphatic carbocycles. The van der Waals surface area contributed by atoms with Crippen molar-refractivity contribution in [3.05, 3.63) is 83.4 Å². The number of halogens is 2. The van der Waals surface area contributed by atoms with Crippen molar-refractivity contribution in [1.82, 2.24) is 0 Å². The molecular formula is C25H31F2NS. The number of nitrogens with zero attached hydrogens (tertiary/aromatic N) is 1. The van der Waals surface area contributed by atoms with Gasteiger partial charge in [-0.1, -0.05) is 61.9 Å². The van der Waals surface area contributed by atoms with E-state index < -0.39 is 11.6 Å². The number of allylic oxidation sites excluding steroid dienone is 1. The van der Waals surface area contributed by atoms with Gasteiger partial charge in [0.05, 0.1) is 0 Å². The van der Waals surface area contributed by atoms with E-state index >= 15 is 0 Å². The number of aliphatic imine (C=N–C) groups is 1. The van der Waals surface area contributed by atoms with Gasteiger partial charge in [-0.2, -0.15) is 0 Å². The summed E-state index contributed by atoms with van der Waals surface area (Å²) in [4.78, 5) is 4.37. The fraction of sp³-hybridized carbons (Fsp3) is 0.400. The maximum absolute atomic E-state index is 14.5. The van der Waals surface area contributed by atoms with E-state index in [2.05, 4.69) is 44.5 Å². The van der Waals surface area contributed by atoms with Crippen molar-refractivity contribution >= 4 is 16.8 Å². The van der Waals surface area contributed by atoms with Crippen LogP contribution in [0.25, 0.3) is 0 Å². The summed E-state index contributed by atoms with van der Waals surface area (Å²) in [5.74, 6) is -0.630. The Hall–Kier alpha value is -1.94. The van der Waals surface area contributed by atoms with Crippen LogP contribution >= 0.6 is 11.8 Å². The van der Waals surface area contributed by atoms with E-state index in [-0.39, 0.29) is 10.3 Å². The second kappa shape index (κ2) is 10.7. The van der Waals surface area contributed by atoms with Crippen LogP contribution in [0.5, 0.6) is 0 Å². The molecule has 0 aromatic heterocycles. The average molecular weight is 416 g/mol. The lowest BCUT2D eigenvalue weighted by molar-refractivity contribution is 0.373. The van der Waals surface area contributed by atoms with E-state index in [1.54, 1.807) is 7.05 Å². The van der Waals surface area contributed by atoms with Gasteiger partial charge < -0.3 is 0 Å². The first-order chi connectivity index (χ1) is 13.9. The molecule has 0 heterocycles. The molecule has 2 aromatic carbocycles. The Morgan fingerprint density at radius 3 is 2.59 bits per heavy atom. The third kappa shape index (κ3) is 5.57. The van der Waals surface area contributed by atoms with Gasteiger partial charge in [0.2, 0.25) is 0 Å². The molecule has 0 saturated heterocycles. The molecular weight excluding hydrogens is 384 g/mol. The van der Waals surface area contributed by atoms with Gasteiger partial charge >= 0.3 is 0 Å². The van der Waals surface area contributed by atoms with Gasteiger partial charge in [-0.05, 0) is 61.9 Å². The zero-order valence-electron chi connectivity index (χ0n) is 17.8. The molecule has 2 atom stereocenters. The molecule has 1 nitrogen and oxygen atoms in total. The predicted octanol–water partition coefficient (Wildman–Crippen LogP) is 7.68. The molecule has 2 unspecified atom stereocenters. The highest BCUT2D eigenvalue weighted by atomic mass is 32.2. The Kier molecular flexibility index (Phi) is 8.63. The van der Waals surface area contributed by atoms with E-state index in [0.717, 1.165) is 31.7 Å². The zero-order valence-corrected chi connectivity index (χ0v) is 18.7. The van der Waals surface area contributed by atoms with Gasteiger partial charge in [-0.3, -0.25) is 4.99 Å². The quantitative estimate of drug-likeness (QED) is 0.232. The molecule has 4 heteroatoms. The van der Waals surface area contributed by atoms with Crippen molar-refractivity contribution in [3.63, 3.8) is 0 Å². The number of benzene rings is 2. The lowest BCUT2D eigenvalue weighted by atomic mass is 9.79. The first kappa shape index (κ1) is 23.3. The Morgan fingerprint density at radius 1 is 1.24 bits per heavy atom. The van der Waals surface area contributed by atoms with Crippen LogP contribution in [0.2, 0.25) is 0 Å². The molecule has 0 amide bonds. The molecule has 0 bridgehead atoms. The minimum absolute atomic E-state index is 0.213. The topological polar surface area (TPSA) is 12.4 Å². The maximum atomic E-state index is 14.5. The average Bonchev–Trinajstić information content (AvgIpc) is 2.71. The maximum Gasteiger partial charge on any atom is 0.133 e. The van der Waals surface area contributed by atoms with Crippen LogP contribution < -0.4 is 0 Å². The molecule has 0 radical (unpaired) electrons. The number of hydrogen-bond donors (Lipinski definition) is 0.